The minimum Gasteiger partial charge on any atom is -0.462 e. The monoisotopic (exact) mass is 253 g/mol. The Morgan fingerprint density at radius 2 is 2.22 bits per heavy atom. The van der Waals surface area contributed by atoms with Crippen LogP contribution in [0.3, 0.4) is 0 Å². The molecule has 0 amide bonds. The maximum absolute atomic E-state index is 11.8. The molecule has 0 radical (unpaired) electrons. The van der Waals surface area contributed by atoms with Crippen molar-refractivity contribution >= 4 is 5.97 Å². The number of hydrogen-bond acceptors (Lipinski definition) is 5. The van der Waals surface area contributed by atoms with E-state index in [1.807, 2.05) is 7.05 Å². The molecule has 1 aliphatic rings. The summed E-state index contributed by atoms with van der Waals surface area (Å²) in [5, 5.41) is 4.34. The summed E-state index contributed by atoms with van der Waals surface area (Å²) < 4.78 is 12.0. The minimum absolute atomic E-state index is 0.297. The van der Waals surface area contributed by atoms with E-state index in [4.69, 9.17) is 9.47 Å². The molecule has 0 atom stereocenters. The SMILES string of the molecule is CCOC(=O)c1cn(C)nc1CN1CCOCC1. The van der Waals surface area contributed by atoms with Crippen molar-refractivity contribution in [1.29, 1.82) is 0 Å². The summed E-state index contributed by atoms with van der Waals surface area (Å²) in [5.41, 5.74) is 1.34. The van der Waals surface area contributed by atoms with E-state index in [0.29, 0.717) is 18.7 Å². The molecule has 1 aromatic rings. The molecule has 6 heteroatoms. The fourth-order valence-corrected chi connectivity index (χ4v) is 2.00. The van der Waals surface area contributed by atoms with E-state index in [0.717, 1.165) is 32.0 Å². The molecule has 0 saturated carbocycles. The maximum atomic E-state index is 11.8. The largest absolute Gasteiger partial charge is 0.462 e. The molecule has 0 N–H and O–H groups in total. The number of aryl methyl sites for hydroxylation is 1. The Bertz CT molecular complexity index is 411. The molecule has 1 saturated heterocycles. The fraction of sp³-hybridized carbons (Fsp3) is 0.667. The lowest BCUT2D eigenvalue weighted by molar-refractivity contribution is 0.0331. The van der Waals surface area contributed by atoms with Crippen LogP contribution in [0.15, 0.2) is 6.20 Å². The van der Waals surface area contributed by atoms with Gasteiger partial charge in [-0.1, -0.05) is 0 Å². The summed E-state index contributed by atoms with van der Waals surface area (Å²) in [4.78, 5) is 14.0. The van der Waals surface area contributed by atoms with Gasteiger partial charge in [-0.25, -0.2) is 4.79 Å². The number of esters is 1. The Labute approximate surface area is 106 Å². The van der Waals surface area contributed by atoms with Crippen molar-refractivity contribution in [3.05, 3.63) is 17.5 Å². The van der Waals surface area contributed by atoms with Crippen LogP contribution in [0, 0.1) is 0 Å². The zero-order valence-electron chi connectivity index (χ0n) is 10.9. The molecule has 1 fully saturated rings. The van der Waals surface area contributed by atoms with Crippen LogP contribution in [-0.4, -0.2) is 53.6 Å². The molecule has 0 aromatic carbocycles. The Balaban J connectivity index is 2.08. The second kappa shape index (κ2) is 5.97. The first-order chi connectivity index (χ1) is 8.70. The van der Waals surface area contributed by atoms with E-state index in [1.54, 1.807) is 17.8 Å². The first-order valence-electron chi connectivity index (χ1n) is 6.20. The van der Waals surface area contributed by atoms with Gasteiger partial charge in [-0.2, -0.15) is 5.10 Å². The topological polar surface area (TPSA) is 56.6 Å². The van der Waals surface area contributed by atoms with Gasteiger partial charge in [0.05, 0.1) is 25.5 Å². The van der Waals surface area contributed by atoms with E-state index >= 15 is 0 Å². The van der Waals surface area contributed by atoms with Crippen LogP contribution >= 0.6 is 0 Å². The first kappa shape index (κ1) is 13.0. The lowest BCUT2D eigenvalue weighted by Gasteiger charge is -2.25. The third-order valence-corrected chi connectivity index (χ3v) is 2.88. The van der Waals surface area contributed by atoms with Gasteiger partial charge < -0.3 is 9.47 Å². The van der Waals surface area contributed by atoms with Gasteiger partial charge in [-0.15, -0.1) is 0 Å². The van der Waals surface area contributed by atoms with E-state index in [1.165, 1.54) is 0 Å². The average Bonchev–Trinajstić information content (AvgIpc) is 2.72. The Morgan fingerprint density at radius 1 is 1.50 bits per heavy atom. The smallest absolute Gasteiger partial charge is 0.341 e. The van der Waals surface area contributed by atoms with Crippen molar-refractivity contribution in [2.75, 3.05) is 32.9 Å². The van der Waals surface area contributed by atoms with Gasteiger partial charge in [-0.3, -0.25) is 9.58 Å². The fourth-order valence-electron chi connectivity index (χ4n) is 2.00. The number of hydrogen-bond donors (Lipinski definition) is 0. The van der Waals surface area contributed by atoms with Crippen LogP contribution in [0.4, 0.5) is 0 Å². The van der Waals surface area contributed by atoms with Crippen LogP contribution in [0.1, 0.15) is 23.0 Å². The summed E-state index contributed by atoms with van der Waals surface area (Å²) in [6, 6.07) is 0. The van der Waals surface area contributed by atoms with Gasteiger partial charge >= 0.3 is 5.97 Å². The highest BCUT2D eigenvalue weighted by molar-refractivity contribution is 5.90. The molecule has 0 bridgehead atoms. The third-order valence-electron chi connectivity index (χ3n) is 2.88. The molecule has 0 spiro atoms. The normalized spacial score (nSPS) is 16.8. The number of carbonyl (C=O) groups excluding carboxylic acids is 1. The van der Waals surface area contributed by atoms with Crippen LogP contribution < -0.4 is 0 Å². The van der Waals surface area contributed by atoms with Gasteiger partial charge in [0, 0.05) is 32.9 Å². The van der Waals surface area contributed by atoms with E-state index in [-0.39, 0.29) is 5.97 Å². The highest BCUT2D eigenvalue weighted by Gasteiger charge is 2.20. The third kappa shape index (κ3) is 3.08. The second-order valence-electron chi connectivity index (χ2n) is 4.27. The predicted octanol–water partition coefficient (Wildman–Crippen LogP) is 0.429. The van der Waals surface area contributed by atoms with Crippen molar-refractivity contribution in [1.82, 2.24) is 14.7 Å². The number of aromatic nitrogens is 2. The standard InChI is InChI=1S/C12H19N3O3/c1-3-18-12(16)10-8-14(2)13-11(10)9-15-4-6-17-7-5-15/h8H,3-7,9H2,1-2H3. The second-order valence-corrected chi connectivity index (χ2v) is 4.27. The van der Waals surface area contributed by atoms with Crippen molar-refractivity contribution < 1.29 is 14.3 Å². The summed E-state index contributed by atoms with van der Waals surface area (Å²) >= 11 is 0. The van der Waals surface area contributed by atoms with E-state index in [9.17, 15) is 4.79 Å². The van der Waals surface area contributed by atoms with Crippen LogP contribution in [0.5, 0.6) is 0 Å². The number of ether oxygens (including phenoxy) is 2. The molecule has 2 rings (SSSR count). The van der Waals surface area contributed by atoms with Crippen LogP contribution in [0.25, 0.3) is 0 Å². The number of morpholine rings is 1. The van der Waals surface area contributed by atoms with Gasteiger partial charge in [-0.05, 0) is 6.92 Å². The lowest BCUT2D eigenvalue weighted by Crippen LogP contribution is -2.36. The zero-order chi connectivity index (χ0) is 13.0. The summed E-state index contributed by atoms with van der Waals surface area (Å²) in [7, 11) is 1.81. The molecule has 18 heavy (non-hydrogen) atoms. The number of carbonyl (C=O) groups is 1. The number of nitrogens with zero attached hydrogens (tertiary/aromatic N) is 3. The summed E-state index contributed by atoms with van der Waals surface area (Å²) in [6.07, 6.45) is 1.72. The molecule has 100 valence electrons. The van der Waals surface area contributed by atoms with Crippen molar-refractivity contribution in [2.24, 2.45) is 7.05 Å². The molecule has 2 heterocycles. The van der Waals surface area contributed by atoms with Crippen molar-refractivity contribution in [2.45, 2.75) is 13.5 Å². The van der Waals surface area contributed by atoms with Crippen molar-refractivity contribution in [3.63, 3.8) is 0 Å². The molecule has 1 aromatic heterocycles. The minimum atomic E-state index is -0.297. The lowest BCUT2D eigenvalue weighted by atomic mass is 10.2. The Kier molecular flexibility index (Phi) is 4.33. The zero-order valence-corrected chi connectivity index (χ0v) is 10.9. The van der Waals surface area contributed by atoms with Crippen LogP contribution in [-0.2, 0) is 23.1 Å². The average molecular weight is 253 g/mol. The van der Waals surface area contributed by atoms with Gasteiger partial charge in [0.25, 0.3) is 0 Å². The molecule has 6 nitrogen and oxygen atoms in total. The maximum Gasteiger partial charge on any atom is 0.341 e. The van der Waals surface area contributed by atoms with Gasteiger partial charge in [0.1, 0.15) is 5.56 Å². The quantitative estimate of drug-likeness (QED) is 0.728. The molecule has 0 unspecified atom stereocenters. The molecule has 1 aliphatic heterocycles. The van der Waals surface area contributed by atoms with E-state index < -0.39 is 0 Å². The predicted molar refractivity (Wildman–Crippen MR) is 65.3 cm³/mol. The number of rotatable bonds is 4. The Hall–Kier alpha value is -1.40. The molecular formula is C12H19N3O3. The van der Waals surface area contributed by atoms with Gasteiger partial charge in [0.15, 0.2) is 0 Å². The van der Waals surface area contributed by atoms with Crippen LogP contribution in [0.2, 0.25) is 0 Å². The summed E-state index contributed by atoms with van der Waals surface area (Å²) in [6.45, 7) is 6.07. The first-order valence-corrected chi connectivity index (χ1v) is 6.20. The summed E-state index contributed by atoms with van der Waals surface area (Å²) in [5.74, 6) is -0.297. The van der Waals surface area contributed by atoms with Gasteiger partial charge in [0.2, 0.25) is 0 Å². The highest BCUT2D eigenvalue weighted by atomic mass is 16.5. The van der Waals surface area contributed by atoms with E-state index in [2.05, 4.69) is 10.00 Å². The van der Waals surface area contributed by atoms with Crippen molar-refractivity contribution in [3.8, 4) is 0 Å². The molecule has 0 aliphatic carbocycles. The highest BCUT2D eigenvalue weighted by Crippen LogP contribution is 2.12. The molecular weight excluding hydrogens is 234 g/mol. The Morgan fingerprint density at radius 3 is 2.89 bits per heavy atom.